The van der Waals surface area contributed by atoms with Gasteiger partial charge in [0.2, 0.25) is 0 Å². The van der Waals surface area contributed by atoms with Crippen molar-refractivity contribution in [1.29, 1.82) is 5.26 Å². The van der Waals surface area contributed by atoms with Crippen molar-refractivity contribution >= 4 is 43.1 Å². The molecule has 0 amide bonds. The minimum Gasteiger partial charge on any atom is -0.462 e. The fourth-order valence-corrected chi connectivity index (χ4v) is 9.44. The molecule has 10 nitrogen and oxygen atoms in total. The van der Waals surface area contributed by atoms with Crippen LogP contribution in [0.2, 0.25) is 0 Å². The van der Waals surface area contributed by atoms with Gasteiger partial charge in [0.05, 0.1) is 24.2 Å². The highest BCUT2D eigenvalue weighted by atomic mass is 32.1. The Balaban J connectivity index is 1.31. The van der Waals surface area contributed by atoms with Crippen LogP contribution in [0.15, 0.2) is 12.1 Å². The van der Waals surface area contributed by atoms with Crippen LogP contribution in [0.25, 0.3) is 32.1 Å². The molecule has 3 saturated heterocycles. The van der Waals surface area contributed by atoms with Gasteiger partial charge in [0.15, 0.2) is 5.82 Å². The number of aromatic nitrogens is 2. The molecule has 4 aromatic rings. The SMILES string of the molecule is N#Cc1c(N)sc2ccc(F)c(-c3c4c(c5c(N6C7CCC6CN(CCCO)C7)nc(OCC6CCCN6CCF)nc5c3F)COC4)c12. The molecule has 0 radical (unpaired) electrons. The maximum atomic E-state index is 17.4. The lowest BCUT2D eigenvalue weighted by molar-refractivity contribution is 0.135. The second kappa shape index (κ2) is 13.2. The second-order valence-corrected chi connectivity index (χ2v) is 14.5. The number of alkyl halides is 1. The van der Waals surface area contributed by atoms with Crippen LogP contribution in [0.3, 0.4) is 0 Å². The standard InChI is InChI=1S/C35H38F3N7O3S/c36-8-11-44-10-1-3-21(44)16-48-35-41-32-29(34(42-35)45-19-4-5-20(45)15-43(14-19)9-2-12-46)24-18-47-17-23(24)28(31(32)38)30-25(37)6-7-26-27(30)22(13-39)33(40)49-26/h6-7,19-21,46H,1-5,8-12,14-18,40H2. The summed E-state index contributed by atoms with van der Waals surface area (Å²) in [4.78, 5) is 16.4. The van der Waals surface area contributed by atoms with Gasteiger partial charge in [-0.05, 0) is 61.9 Å². The number of nitrogens with zero attached hydrogens (tertiary/aromatic N) is 6. The molecule has 2 aromatic carbocycles. The first-order valence-corrected chi connectivity index (χ1v) is 17.8. The number of hydrogen-bond acceptors (Lipinski definition) is 11. The van der Waals surface area contributed by atoms with E-state index >= 15 is 8.78 Å². The number of aliphatic hydroxyl groups excluding tert-OH is 1. The van der Waals surface area contributed by atoms with E-state index in [4.69, 9.17) is 20.2 Å². The average molecular weight is 694 g/mol. The molecule has 2 bridgehead atoms. The third kappa shape index (κ3) is 5.47. The van der Waals surface area contributed by atoms with E-state index in [0.29, 0.717) is 40.0 Å². The Labute approximate surface area is 285 Å². The molecule has 3 atom stereocenters. The van der Waals surface area contributed by atoms with Gasteiger partial charge in [-0.2, -0.15) is 15.2 Å². The number of rotatable bonds is 10. The highest BCUT2D eigenvalue weighted by Crippen LogP contribution is 2.49. The molecular weight excluding hydrogens is 655 g/mol. The van der Waals surface area contributed by atoms with E-state index in [0.717, 1.165) is 63.2 Å². The highest BCUT2D eigenvalue weighted by Gasteiger charge is 2.43. The third-order valence-corrected chi connectivity index (χ3v) is 11.6. The second-order valence-electron chi connectivity index (χ2n) is 13.4. The summed E-state index contributed by atoms with van der Waals surface area (Å²) in [6, 6.07) is 5.15. The Morgan fingerprint density at radius 3 is 2.61 bits per heavy atom. The van der Waals surface area contributed by atoms with Crippen molar-refractivity contribution in [3.8, 4) is 23.2 Å². The Morgan fingerprint density at radius 1 is 1.06 bits per heavy atom. The first kappa shape index (κ1) is 32.5. The van der Waals surface area contributed by atoms with E-state index in [1.54, 1.807) is 6.07 Å². The van der Waals surface area contributed by atoms with Gasteiger partial charge in [0, 0.05) is 72.1 Å². The van der Waals surface area contributed by atoms with Gasteiger partial charge in [-0.1, -0.05) is 0 Å². The molecule has 3 fully saturated rings. The summed E-state index contributed by atoms with van der Waals surface area (Å²) >= 11 is 1.16. The molecule has 0 saturated carbocycles. The van der Waals surface area contributed by atoms with Crippen LogP contribution < -0.4 is 15.4 Å². The number of fused-ring (bicyclic) bond motifs is 6. The van der Waals surface area contributed by atoms with Crippen LogP contribution in [-0.2, 0) is 18.0 Å². The van der Waals surface area contributed by atoms with Crippen molar-refractivity contribution in [2.75, 3.05) is 63.2 Å². The number of anilines is 2. The molecular formula is C35H38F3N7O3S. The lowest BCUT2D eigenvalue weighted by Crippen LogP contribution is -2.54. The van der Waals surface area contributed by atoms with Crippen molar-refractivity contribution in [3.05, 3.63) is 40.5 Å². The Kier molecular flexibility index (Phi) is 8.74. The number of piperazine rings is 1. The van der Waals surface area contributed by atoms with E-state index in [2.05, 4.69) is 25.8 Å². The van der Waals surface area contributed by atoms with Crippen LogP contribution in [0.1, 0.15) is 48.8 Å². The first-order valence-electron chi connectivity index (χ1n) is 17.0. The predicted octanol–water partition coefficient (Wildman–Crippen LogP) is 5.12. The molecule has 0 spiro atoms. The number of thiophene rings is 1. The van der Waals surface area contributed by atoms with Crippen molar-refractivity contribution in [3.63, 3.8) is 0 Å². The van der Waals surface area contributed by atoms with Crippen molar-refractivity contribution < 1.29 is 27.8 Å². The summed E-state index contributed by atoms with van der Waals surface area (Å²) in [6.45, 7) is 3.58. The highest BCUT2D eigenvalue weighted by molar-refractivity contribution is 7.23. The lowest BCUT2D eigenvalue weighted by atomic mass is 9.90. The number of nitriles is 1. The Hall–Kier alpha value is -3.74. The molecule has 4 aliphatic heterocycles. The molecule has 258 valence electrons. The monoisotopic (exact) mass is 693 g/mol. The van der Waals surface area contributed by atoms with Crippen molar-refractivity contribution in [2.24, 2.45) is 0 Å². The van der Waals surface area contributed by atoms with E-state index in [-0.39, 0.29) is 83.2 Å². The smallest absolute Gasteiger partial charge is 0.319 e. The van der Waals surface area contributed by atoms with Crippen LogP contribution in [0.4, 0.5) is 24.0 Å². The zero-order chi connectivity index (χ0) is 33.8. The minimum atomic E-state index is -0.735. The van der Waals surface area contributed by atoms with Gasteiger partial charge >= 0.3 is 6.01 Å². The molecule has 3 unspecified atom stereocenters. The van der Waals surface area contributed by atoms with Gasteiger partial charge in [0.25, 0.3) is 0 Å². The summed E-state index contributed by atoms with van der Waals surface area (Å²) in [5, 5.41) is 20.5. The normalized spacial score (nSPS) is 22.4. The van der Waals surface area contributed by atoms with Crippen LogP contribution in [0.5, 0.6) is 6.01 Å². The summed E-state index contributed by atoms with van der Waals surface area (Å²) in [7, 11) is 0. The van der Waals surface area contributed by atoms with Crippen LogP contribution in [0, 0.1) is 23.0 Å². The van der Waals surface area contributed by atoms with Crippen molar-refractivity contribution in [1.82, 2.24) is 19.8 Å². The van der Waals surface area contributed by atoms with Crippen molar-refractivity contribution in [2.45, 2.75) is 63.4 Å². The number of hydrogen-bond donors (Lipinski definition) is 2. The number of nitrogen functional groups attached to an aromatic ring is 1. The summed E-state index contributed by atoms with van der Waals surface area (Å²) in [5.41, 5.74) is 7.47. The fraction of sp³-hybridized carbons (Fsp3) is 0.514. The number of ether oxygens (including phenoxy) is 2. The van der Waals surface area contributed by atoms with E-state index < -0.39 is 18.3 Å². The van der Waals surface area contributed by atoms with Crippen LogP contribution >= 0.6 is 11.3 Å². The topological polar surface area (TPSA) is 124 Å². The maximum Gasteiger partial charge on any atom is 0.319 e. The predicted molar refractivity (Wildman–Crippen MR) is 181 cm³/mol. The van der Waals surface area contributed by atoms with E-state index in [1.807, 2.05) is 0 Å². The molecule has 6 heterocycles. The van der Waals surface area contributed by atoms with Crippen LogP contribution in [-0.4, -0.2) is 95.6 Å². The average Bonchev–Trinajstić information content (AvgIpc) is 3.88. The van der Waals surface area contributed by atoms with Gasteiger partial charge in [-0.25, -0.2) is 13.2 Å². The molecule has 0 aliphatic carbocycles. The van der Waals surface area contributed by atoms with Gasteiger partial charge in [-0.3, -0.25) is 9.80 Å². The summed E-state index contributed by atoms with van der Waals surface area (Å²) in [5.74, 6) is -0.836. The fourth-order valence-electron chi connectivity index (χ4n) is 8.51. The number of nitrogens with two attached hydrogens (primary N) is 1. The quantitative estimate of drug-likeness (QED) is 0.231. The van der Waals surface area contributed by atoms with Gasteiger partial charge < -0.3 is 25.2 Å². The largest absolute Gasteiger partial charge is 0.462 e. The molecule has 49 heavy (non-hydrogen) atoms. The Bertz CT molecular complexity index is 1960. The van der Waals surface area contributed by atoms with E-state index in [1.165, 1.54) is 6.07 Å². The molecule has 8 rings (SSSR count). The van der Waals surface area contributed by atoms with E-state index in [9.17, 15) is 14.8 Å². The molecule has 3 N–H and O–H groups in total. The summed E-state index contributed by atoms with van der Waals surface area (Å²) in [6.07, 6.45) is 4.34. The molecule has 2 aromatic heterocycles. The summed E-state index contributed by atoms with van der Waals surface area (Å²) < 4.78 is 59.5. The first-order chi connectivity index (χ1) is 23.9. The lowest BCUT2D eigenvalue weighted by Gasteiger charge is -2.42. The molecule has 14 heteroatoms. The van der Waals surface area contributed by atoms with Gasteiger partial charge in [0.1, 0.15) is 41.5 Å². The van der Waals surface area contributed by atoms with Gasteiger partial charge in [-0.15, -0.1) is 11.3 Å². The number of benzene rings is 2. The molecule has 4 aliphatic rings. The Morgan fingerprint density at radius 2 is 1.86 bits per heavy atom. The zero-order valence-corrected chi connectivity index (χ0v) is 27.9. The third-order valence-electron chi connectivity index (χ3n) is 10.7. The maximum absolute atomic E-state index is 17.4. The zero-order valence-electron chi connectivity index (χ0n) is 27.1. The number of likely N-dealkylation sites (tertiary alicyclic amines) is 2. The number of halogens is 3. The number of aliphatic hydroxyl groups is 1. The minimum absolute atomic E-state index is 0.00603.